The molecular weight excluding hydrogens is 772 g/mol. The SMILES string of the molecule is CCCCc1ccc2ccccc2c1S(=O)(=O)[O-].CCCCc1ccc2ccccc2c1S(=O)(=O)[O-].CCCCc1ccc2ccccc2c1S(=O)(=O)[O-].[Al]. The molecule has 0 saturated carbocycles. The molecule has 0 spiro atoms. The van der Waals surface area contributed by atoms with Crippen LogP contribution >= 0.6 is 0 Å². The van der Waals surface area contributed by atoms with E-state index in [9.17, 15) is 38.9 Å². The Balaban J connectivity index is 0.000000220. The van der Waals surface area contributed by atoms with Gasteiger partial charge in [-0.2, -0.15) is 0 Å². The van der Waals surface area contributed by atoms with Crippen LogP contribution in [-0.4, -0.2) is 56.3 Å². The van der Waals surface area contributed by atoms with Crippen LogP contribution in [0.1, 0.15) is 76.0 Å². The van der Waals surface area contributed by atoms with Gasteiger partial charge in [0.1, 0.15) is 30.4 Å². The van der Waals surface area contributed by atoms with Crippen molar-refractivity contribution in [3.63, 3.8) is 0 Å². The molecule has 0 amide bonds. The maximum absolute atomic E-state index is 11.5. The minimum atomic E-state index is -4.44. The van der Waals surface area contributed by atoms with Crippen LogP contribution in [0.5, 0.6) is 0 Å². The lowest BCUT2D eigenvalue weighted by atomic mass is 10.0. The zero-order valence-corrected chi connectivity index (χ0v) is 34.8. The summed E-state index contributed by atoms with van der Waals surface area (Å²) in [7, 11) is -13.3. The second kappa shape index (κ2) is 20.5. The molecule has 0 heterocycles. The summed E-state index contributed by atoms with van der Waals surface area (Å²) in [6.07, 6.45) is 7.39. The van der Waals surface area contributed by atoms with Gasteiger partial charge in [-0.1, -0.05) is 149 Å². The molecule has 13 heteroatoms. The first-order valence-corrected chi connectivity index (χ1v) is 22.2. The molecular formula is C42H45AlO9S3-3. The smallest absolute Gasteiger partial charge is 0.125 e. The lowest BCUT2D eigenvalue weighted by Gasteiger charge is -2.15. The van der Waals surface area contributed by atoms with Crippen molar-refractivity contribution in [2.45, 2.75) is 93.2 Å². The van der Waals surface area contributed by atoms with Crippen LogP contribution in [0.25, 0.3) is 32.3 Å². The first-order valence-electron chi connectivity index (χ1n) is 18.0. The van der Waals surface area contributed by atoms with E-state index in [0.29, 0.717) is 52.1 Å². The van der Waals surface area contributed by atoms with Crippen LogP contribution in [0.15, 0.2) is 124 Å². The van der Waals surface area contributed by atoms with Gasteiger partial charge < -0.3 is 13.7 Å². The van der Waals surface area contributed by atoms with Gasteiger partial charge in [0.25, 0.3) is 0 Å². The van der Waals surface area contributed by atoms with Crippen molar-refractivity contribution in [1.29, 1.82) is 0 Å². The van der Waals surface area contributed by atoms with Crippen molar-refractivity contribution in [3.8, 4) is 0 Å². The van der Waals surface area contributed by atoms with E-state index in [1.807, 2.05) is 75.4 Å². The molecule has 0 N–H and O–H groups in total. The number of aryl methyl sites for hydroxylation is 3. The molecule has 0 aliphatic carbocycles. The summed E-state index contributed by atoms with van der Waals surface area (Å²) in [6.45, 7) is 6.10. The molecule has 0 aromatic heterocycles. The van der Waals surface area contributed by atoms with Crippen LogP contribution in [0, 0.1) is 0 Å². The van der Waals surface area contributed by atoms with Gasteiger partial charge >= 0.3 is 0 Å². The highest BCUT2D eigenvalue weighted by atomic mass is 32.2. The molecule has 0 aliphatic heterocycles. The van der Waals surface area contributed by atoms with E-state index in [-0.39, 0.29) is 32.0 Å². The van der Waals surface area contributed by atoms with Crippen molar-refractivity contribution in [1.82, 2.24) is 0 Å². The Labute approximate surface area is 336 Å². The van der Waals surface area contributed by atoms with Crippen molar-refractivity contribution in [3.05, 3.63) is 126 Å². The monoisotopic (exact) mass is 816 g/mol. The lowest BCUT2D eigenvalue weighted by Crippen LogP contribution is -2.05. The molecule has 55 heavy (non-hydrogen) atoms. The van der Waals surface area contributed by atoms with Crippen LogP contribution in [0.2, 0.25) is 0 Å². The first kappa shape index (κ1) is 45.7. The minimum Gasteiger partial charge on any atom is -0.744 e. The summed E-state index contributed by atoms with van der Waals surface area (Å²) in [5, 5.41) is 3.94. The average molecular weight is 817 g/mol. The summed E-state index contributed by atoms with van der Waals surface area (Å²) in [5.41, 5.74) is 1.89. The molecule has 0 bridgehead atoms. The Bertz CT molecular complexity index is 2270. The Kier molecular flexibility index (Phi) is 17.1. The Morgan fingerprint density at radius 3 is 0.836 bits per heavy atom. The molecule has 291 valence electrons. The van der Waals surface area contributed by atoms with Crippen LogP contribution in [0.3, 0.4) is 0 Å². The third-order valence-electron chi connectivity index (χ3n) is 9.03. The van der Waals surface area contributed by atoms with Crippen LogP contribution < -0.4 is 0 Å². The second-order valence-electron chi connectivity index (χ2n) is 13.0. The van der Waals surface area contributed by atoms with Gasteiger partial charge in [0, 0.05) is 17.4 Å². The summed E-state index contributed by atoms with van der Waals surface area (Å²) < 4.78 is 103. The average Bonchev–Trinajstić information content (AvgIpc) is 3.13. The van der Waals surface area contributed by atoms with E-state index in [0.717, 1.165) is 54.7 Å². The molecule has 3 radical (unpaired) electrons. The number of benzene rings is 6. The van der Waals surface area contributed by atoms with Crippen molar-refractivity contribution in [2.24, 2.45) is 0 Å². The van der Waals surface area contributed by atoms with Gasteiger partial charge in [-0.05, 0) is 87.5 Å². The molecule has 0 fully saturated rings. The Morgan fingerprint density at radius 2 is 0.618 bits per heavy atom. The predicted molar refractivity (Wildman–Crippen MR) is 217 cm³/mol. The van der Waals surface area contributed by atoms with E-state index < -0.39 is 30.4 Å². The van der Waals surface area contributed by atoms with Gasteiger partial charge in [0.05, 0.1) is 14.7 Å². The van der Waals surface area contributed by atoms with Gasteiger partial charge in [-0.3, -0.25) is 0 Å². The summed E-state index contributed by atoms with van der Waals surface area (Å²) >= 11 is 0. The van der Waals surface area contributed by atoms with E-state index in [2.05, 4.69) is 0 Å². The normalized spacial score (nSPS) is 11.7. The molecule has 9 nitrogen and oxygen atoms in total. The Morgan fingerprint density at radius 1 is 0.382 bits per heavy atom. The fourth-order valence-corrected chi connectivity index (χ4v) is 9.28. The summed E-state index contributed by atoms with van der Waals surface area (Å²) in [4.78, 5) is -0.142. The van der Waals surface area contributed by atoms with E-state index in [1.54, 1.807) is 54.6 Å². The fraction of sp³-hybridized carbons (Fsp3) is 0.286. The fourth-order valence-electron chi connectivity index (χ4n) is 6.44. The van der Waals surface area contributed by atoms with Crippen LogP contribution in [0.4, 0.5) is 0 Å². The van der Waals surface area contributed by atoms with Gasteiger partial charge in [0.15, 0.2) is 0 Å². The maximum Gasteiger partial charge on any atom is 0.125 e. The minimum absolute atomic E-state index is 0. The largest absolute Gasteiger partial charge is 0.744 e. The summed E-state index contributed by atoms with van der Waals surface area (Å²) in [5.74, 6) is 0. The molecule has 0 saturated heterocycles. The van der Waals surface area contributed by atoms with Gasteiger partial charge in [-0.15, -0.1) is 0 Å². The number of rotatable bonds is 12. The van der Waals surface area contributed by atoms with Crippen molar-refractivity contribution < 1.29 is 38.9 Å². The van der Waals surface area contributed by atoms with Crippen molar-refractivity contribution in [2.75, 3.05) is 0 Å². The first-order chi connectivity index (χ1) is 25.6. The molecule has 0 aliphatic rings. The van der Waals surface area contributed by atoms with Gasteiger partial charge in [0.2, 0.25) is 0 Å². The standard InChI is InChI=1S/3C14H16O3S.Al/c3*1-2-3-6-12-10-9-11-7-4-5-8-13(11)14(12)18(15,16)17;/h3*4-5,7-10H,2-3,6H2,1H3,(H,15,16,17);/p-3. The highest BCUT2D eigenvalue weighted by Gasteiger charge is 2.15. The number of fused-ring (bicyclic) bond motifs is 3. The summed E-state index contributed by atoms with van der Waals surface area (Å²) in [6, 6.07) is 32.1. The van der Waals surface area contributed by atoms with Crippen molar-refractivity contribution >= 4 is 80.0 Å². The highest BCUT2D eigenvalue weighted by molar-refractivity contribution is 7.86. The van der Waals surface area contributed by atoms with Gasteiger partial charge in [-0.25, -0.2) is 25.3 Å². The van der Waals surface area contributed by atoms with Crippen LogP contribution in [-0.2, 0) is 49.6 Å². The number of hydrogen-bond acceptors (Lipinski definition) is 9. The highest BCUT2D eigenvalue weighted by Crippen LogP contribution is 2.30. The lowest BCUT2D eigenvalue weighted by molar-refractivity contribution is 0.460. The zero-order chi connectivity index (χ0) is 39.5. The molecule has 0 atom stereocenters. The maximum atomic E-state index is 11.5. The topological polar surface area (TPSA) is 172 Å². The predicted octanol–water partition coefficient (Wildman–Crippen LogP) is 8.88. The molecule has 6 rings (SSSR count). The number of unbranched alkanes of at least 4 members (excludes halogenated alkanes) is 3. The molecule has 0 unspecified atom stereocenters. The van der Waals surface area contributed by atoms with E-state index in [4.69, 9.17) is 0 Å². The Hall–Kier alpha value is -3.64. The quantitative estimate of drug-likeness (QED) is 0.0864. The van der Waals surface area contributed by atoms with E-state index in [1.165, 1.54) is 0 Å². The third-order valence-corrected chi connectivity index (χ3v) is 12.0. The van der Waals surface area contributed by atoms with E-state index >= 15 is 0 Å². The second-order valence-corrected chi connectivity index (χ2v) is 16.9. The zero-order valence-electron chi connectivity index (χ0n) is 31.2. The molecule has 6 aromatic rings. The number of hydrogen-bond donors (Lipinski definition) is 0. The third kappa shape index (κ3) is 12.2. The molecule has 6 aromatic carbocycles.